The quantitative estimate of drug-likeness (QED) is 0.619. The van der Waals surface area contributed by atoms with Crippen molar-refractivity contribution >= 4 is 33.4 Å². The van der Waals surface area contributed by atoms with Gasteiger partial charge in [0.15, 0.2) is 0 Å². The Morgan fingerprint density at radius 3 is 2.77 bits per heavy atom. The number of nitrogens with one attached hydrogen (secondary N) is 1. The molecule has 1 unspecified atom stereocenters. The Morgan fingerprint density at radius 1 is 1.27 bits per heavy atom. The number of hydrogen-bond donors (Lipinski definition) is 3. The number of nitrogens with zero attached hydrogens (tertiary/aromatic N) is 1. The van der Waals surface area contributed by atoms with Crippen LogP contribution in [0.25, 0.3) is 21.3 Å². The number of carboxylic acids is 1. The maximum atomic E-state index is 12.3. The van der Waals surface area contributed by atoms with Gasteiger partial charge in [-0.15, -0.1) is 11.3 Å². The number of pyridine rings is 1. The summed E-state index contributed by atoms with van der Waals surface area (Å²) in [6.07, 6.45) is 2.64. The number of benzene rings is 1. The lowest BCUT2D eigenvalue weighted by atomic mass is 9.99. The molecule has 2 heterocycles. The minimum Gasteiger partial charge on any atom is -0.480 e. The standard InChI is InChI=1S/C19H19N3O3S/c1-2-11-5-3-4-6-12(11)13-7-8-21-15-9-16(26-17(13)15)18(23)22-10-14(20)19(24)25/h3-9,14H,2,10,20H2,1H3,(H,22,23)(H,24,25). The largest absolute Gasteiger partial charge is 0.480 e. The van der Waals surface area contributed by atoms with Gasteiger partial charge in [0.25, 0.3) is 5.91 Å². The monoisotopic (exact) mass is 369 g/mol. The lowest BCUT2D eigenvalue weighted by Crippen LogP contribution is -2.42. The average Bonchev–Trinajstić information content (AvgIpc) is 3.10. The number of hydrogen-bond acceptors (Lipinski definition) is 5. The first kappa shape index (κ1) is 18.0. The van der Waals surface area contributed by atoms with Crippen molar-refractivity contribution < 1.29 is 14.7 Å². The molecule has 0 aliphatic heterocycles. The summed E-state index contributed by atoms with van der Waals surface area (Å²) < 4.78 is 0.932. The summed E-state index contributed by atoms with van der Waals surface area (Å²) in [4.78, 5) is 27.9. The van der Waals surface area contributed by atoms with Crippen LogP contribution in [0.2, 0.25) is 0 Å². The molecule has 4 N–H and O–H groups in total. The summed E-state index contributed by atoms with van der Waals surface area (Å²) in [5, 5.41) is 11.4. The van der Waals surface area contributed by atoms with Crippen LogP contribution in [0, 0.1) is 0 Å². The Bertz CT molecular complexity index is 968. The zero-order valence-electron chi connectivity index (χ0n) is 14.2. The van der Waals surface area contributed by atoms with Crippen molar-refractivity contribution in [3.8, 4) is 11.1 Å². The fourth-order valence-corrected chi connectivity index (χ4v) is 3.79. The second-order valence-corrected chi connectivity index (χ2v) is 6.90. The van der Waals surface area contributed by atoms with Gasteiger partial charge in [-0.1, -0.05) is 31.2 Å². The predicted octanol–water partition coefficient (Wildman–Crippen LogP) is 2.67. The molecular weight excluding hydrogens is 350 g/mol. The third-order valence-corrected chi connectivity index (χ3v) is 5.28. The fraction of sp³-hybridized carbons (Fsp3) is 0.211. The summed E-state index contributed by atoms with van der Waals surface area (Å²) in [6, 6.07) is 10.7. The summed E-state index contributed by atoms with van der Waals surface area (Å²) in [5.74, 6) is -1.50. The SMILES string of the molecule is CCc1ccccc1-c1ccnc2cc(C(=O)NCC(N)C(=O)O)sc12. The first-order valence-corrected chi connectivity index (χ1v) is 9.06. The maximum absolute atomic E-state index is 12.3. The molecule has 1 aromatic carbocycles. The Hall–Kier alpha value is -2.77. The van der Waals surface area contributed by atoms with Crippen LogP contribution >= 0.6 is 11.3 Å². The minimum atomic E-state index is -1.15. The van der Waals surface area contributed by atoms with Crippen molar-refractivity contribution in [2.75, 3.05) is 6.54 Å². The summed E-state index contributed by atoms with van der Waals surface area (Å²) in [5.41, 5.74) is 9.57. The number of carbonyl (C=O) groups is 2. The number of aliphatic carboxylic acids is 1. The van der Waals surface area contributed by atoms with E-state index in [4.69, 9.17) is 10.8 Å². The fourth-order valence-electron chi connectivity index (χ4n) is 2.73. The van der Waals surface area contributed by atoms with Crippen LogP contribution in [0.3, 0.4) is 0 Å². The van der Waals surface area contributed by atoms with E-state index in [0.717, 1.165) is 27.8 Å². The van der Waals surface area contributed by atoms with E-state index in [0.29, 0.717) is 4.88 Å². The molecule has 2 aromatic heterocycles. The van der Waals surface area contributed by atoms with Crippen LogP contribution in [0.4, 0.5) is 0 Å². The first-order chi connectivity index (χ1) is 12.5. The Morgan fingerprint density at radius 2 is 2.04 bits per heavy atom. The van der Waals surface area contributed by atoms with E-state index in [2.05, 4.69) is 29.4 Å². The summed E-state index contributed by atoms with van der Waals surface area (Å²) in [7, 11) is 0. The van der Waals surface area contributed by atoms with Gasteiger partial charge in [-0.25, -0.2) is 0 Å². The second kappa shape index (κ2) is 7.63. The van der Waals surface area contributed by atoms with Crippen LogP contribution < -0.4 is 11.1 Å². The van der Waals surface area contributed by atoms with Crippen molar-refractivity contribution in [3.05, 3.63) is 53.0 Å². The molecule has 1 amide bonds. The number of fused-ring (bicyclic) bond motifs is 1. The highest BCUT2D eigenvalue weighted by atomic mass is 32.1. The van der Waals surface area contributed by atoms with Gasteiger partial charge in [0, 0.05) is 18.3 Å². The normalized spacial score (nSPS) is 12.1. The van der Waals surface area contributed by atoms with E-state index in [9.17, 15) is 9.59 Å². The Kier molecular flexibility index (Phi) is 5.29. The van der Waals surface area contributed by atoms with E-state index in [1.807, 2.05) is 18.2 Å². The van der Waals surface area contributed by atoms with Gasteiger partial charge in [-0.05, 0) is 29.7 Å². The van der Waals surface area contributed by atoms with Crippen LogP contribution in [0.5, 0.6) is 0 Å². The Labute approximate surface area is 154 Å². The van der Waals surface area contributed by atoms with Crippen LogP contribution in [0.15, 0.2) is 42.6 Å². The molecule has 3 rings (SSSR count). The molecule has 0 radical (unpaired) electrons. The van der Waals surface area contributed by atoms with Crippen LogP contribution in [0.1, 0.15) is 22.2 Å². The topological polar surface area (TPSA) is 105 Å². The lowest BCUT2D eigenvalue weighted by Gasteiger charge is -2.08. The van der Waals surface area contributed by atoms with Crippen molar-refractivity contribution in [3.63, 3.8) is 0 Å². The molecule has 26 heavy (non-hydrogen) atoms. The van der Waals surface area contributed by atoms with E-state index in [1.54, 1.807) is 12.3 Å². The molecular formula is C19H19N3O3S. The molecule has 0 spiro atoms. The molecule has 0 saturated carbocycles. The molecule has 0 aliphatic carbocycles. The van der Waals surface area contributed by atoms with Crippen LogP contribution in [-0.4, -0.2) is 34.6 Å². The van der Waals surface area contributed by atoms with Gasteiger partial charge in [-0.3, -0.25) is 14.6 Å². The number of aryl methyl sites for hydroxylation is 1. The number of thiophene rings is 1. The van der Waals surface area contributed by atoms with Gasteiger partial charge in [0.2, 0.25) is 0 Å². The predicted molar refractivity (Wildman–Crippen MR) is 102 cm³/mol. The highest BCUT2D eigenvalue weighted by Crippen LogP contribution is 2.35. The molecule has 0 fully saturated rings. The van der Waals surface area contributed by atoms with E-state index < -0.39 is 12.0 Å². The second-order valence-electron chi connectivity index (χ2n) is 5.85. The number of aromatic nitrogens is 1. The third-order valence-electron chi connectivity index (χ3n) is 4.12. The average molecular weight is 369 g/mol. The number of amides is 1. The van der Waals surface area contributed by atoms with Crippen molar-refractivity contribution in [2.45, 2.75) is 19.4 Å². The first-order valence-electron chi connectivity index (χ1n) is 8.24. The van der Waals surface area contributed by atoms with Gasteiger partial charge in [-0.2, -0.15) is 0 Å². The van der Waals surface area contributed by atoms with Crippen molar-refractivity contribution in [2.24, 2.45) is 5.73 Å². The van der Waals surface area contributed by atoms with Crippen molar-refractivity contribution in [1.82, 2.24) is 10.3 Å². The van der Waals surface area contributed by atoms with Gasteiger partial charge >= 0.3 is 5.97 Å². The molecule has 0 saturated heterocycles. The highest BCUT2D eigenvalue weighted by Gasteiger charge is 2.17. The molecule has 1 atom stereocenters. The number of carbonyl (C=O) groups excluding carboxylic acids is 1. The third kappa shape index (κ3) is 3.58. The van der Waals surface area contributed by atoms with Gasteiger partial charge in [0.1, 0.15) is 6.04 Å². The molecule has 6 nitrogen and oxygen atoms in total. The number of nitrogens with two attached hydrogens (primary N) is 1. The molecule has 0 aliphatic rings. The van der Waals surface area contributed by atoms with E-state index in [-0.39, 0.29) is 12.5 Å². The van der Waals surface area contributed by atoms with Crippen molar-refractivity contribution in [1.29, 1.82) is 0 Å². The van der Waals surface area contributed by atoms with Gasteiger partial charge in [0.05, 0.1) is 15.1 Å². The molecule has 0 bridgehead atoms. The zero-order valence-corrected chi connectivity index (χ0v) is 15.0. The molecule has 3 aromatic rings. The Balaban J connectivity index is 1.95. The van der Waals surface area contributed by atoms with Gasteiger partial charge < -0.3 is 16.2 Å². The minimum absolute atomic E-state index is 0.124. The number of rotatable bonds is 6. The van der Waals surface area contributed by atoms with Crippen LogP contribution in [-0.2, 0) is 11.2 Å². The summed E-state index contributed by atoms with van der Waals surface area (Å²) in [6.45, 7) is 1.98. The molecule has 7 heteroatoms. The highest BCUT2D eigenvalue weighted by molar-refractivity contribution is 7.21. The smallest absolute Gasteiger partial charge is 0.322 e. The van der Waals surface area contributed by atoms with E-state index >= 15 is 0 Å². The number of carboxylic acid groups (broad SMARTS) is 1. The maximum Gasteiger partial charge on any atom is 0.322 e. The lowest BCUT2D eigenvalue weighted by molar-refractivity contribution is -0.138. The molecule has 134 valence electrons. The summed E-state index contributed by atoms with van der Waals surface area (Å²) >= 11 is 1.34. The van der Waals surface area contributed by atoms with E-state index in [1.165, 1.54) is 16.9 Å². The zero-order chi connectivity index (χ0) is 18.7.